The van der Waals surface area contributed by atoms with Crippen molar-refractivity contribution >= 4 is 39.2 Å². The first-order valence-corrected chi connectivity index (χ1v) is 6.49. The van der Waals surface area contributed by atoms with Gasteiger partial charge in [0, 0.05) is 18.0 Å². The smallest absolute Gasteiger partial charge is 0.308 e. The number of carboxylic acids is 2. The van der Waals surface area contributed by atoms with Gasteiger partial charge in [0.15, 0.2) is 0 Å². The largest absolute Gasteiger partial charge is 0.481 e. The first kappa shape index (κ1) is 14.1. The van der Waals surface area contributed by atoms with Crippen molar-refractivity contribution in [2.24, 2.45) is 5.92 Å². The van der Waals surface area contributed by atoms with Gasteiger partial charge in [-0.1, -0.05) is 0 Å². The number of nitrogens with one attached hydrogen (secondary N) is 1. The molecule has 1 aromatic heterocycles. The zero-order chi connectivity index (χ0) is 12.8. The van der Waals surface area contributed by atoms with Gasteiger partial charge >= 0.3 is 11.9 Å². The third kappa shape index (κ3) is 5.29. The topological polar surface area (TPSA) is 86.6 Å². The molecule has 7 heteroatoms. The Morgan fingerprint density at radius 3 is 2.59 bits per heavy atom. The lowest BCUT2D eigenvalue weighted by Gasteiger charge is -2.10. The monoisotopic (exact) mass is 321 g/mol. The van der Waals surface area contributed by atoms with Crippen LogP contribution in [-0.2, 0) is 16.1 Å². The lowest BCUT2D eigenvalue weighted by molar-refractivity contribution is -0.148. The van der Waals surface area contributed by atoms with Crippen molar-refractivity contribution in [2.75, 3.05) is 6.54 Å². The van der Waals surface area contributed by atoms with Crippen LogP contribution in [0.1, 0.15) is 11.3 Å². The summed E-state index contributed by atoms with van der Waals surface area (Å²) < 4.78 is 1.01. The van der Waals surface area contributed by atoms with Gasteiger partial charge in [-0.3, -0.25) is 9.59 Å². The Morgan fingerprint density at radius 2 is 2.12 bits per heavy atom. The maximum atomic E-state index is 10.8. The third-order valence-electron chi connectivity index (χ3n) is 2.09. The maximum absolute atomic E-state index is 10.8. The Balaban J connectivity index is 2.37. The highest BCUT2D eigenvalue weighted by Gasteiger charge is 2.20. The highest BCUT2D eigenvalue weighted by molar-refractivity contribution is 9.11. The molecule has 0 fully saturated rings. The lowest BCUT2D eigenvalue weighted by Crippen LogP contribution is -2.29. The van der Waals surface area contributed by atoms with Gasteiger partial charge in [-0.2, -0.15) is 0 Å². The van der Waals surface area contributed by atoms with Gasteiger partial charge in [-0.15, -0.1) is 11.3 Å². The Morgan fingerprint density at radius 1 is 1.41 bits per heavy atom. The van der Waals surface area contributed by atoms with Crippen molar-refractivity contribution < 1.29 is 19.8 Å². The molecule has 0 aliphatic heterocycles. The van der Waals surface area contributed by atoms with Gasteiger partial charge in [-0.05, 0) is 28.1 Å². The van der Waals surface area contributed by atoms with E-state index in [4.69, 9.17) is 10.2 Å². The Labute approximate surface area is 111 Å². The van der Waals surface area contributed by atoms with Crippen molar-refractivity contribution in [3.8, 4) is 0 Å². The van der Waals surface area contributed by atoms with E-state index in [1.54, 1.807) is 11.3 Å². The predicted molar refractivity (Wildman–Crippen MR) is 67.1 cm³/mol. The molecule has 3 N–H and O–H groups in total. The zero-order valence-electron chi connectivity index (χ0n) is 8.85. The molecule has 0 spiro atoms. The predicted octanol–water partition coefficient (Wildman–Crippen LogP) is 1.78. The summed E-state index contributed by atoms with van der Waals surface area (Å²) in [5.41, 5.74) is 0. The minimum atomic E-state index is -1.10. The Bertz CT molecular complexity index is 407. The molecule has 5 nitrogen and oxygen atoms in total. The fourth-order valence-corrected chi connectivity index (χ4v) is 2.73. The van der Waals surface area contributed by atoms with Crippen LogP contribution in [0.5, 0.6) is 0 Å². The molecule has 0 saturated carbocycles. The van der Waals surface area contributed by atoms with E-state index in [0.29, 0.717) is 6.54 Å². The fraction of sp³-hybridized carbons (Fsp3) is 0.400. The van der Waals surface area contributed by atoms with Crippen LogP contribution < -0.4 is 5.32 Å². The molecule has 0 saturated heterocycles. The van der Waals surface area contributed by atoms with Crippen LogP contribution in [0.4, 0.5) is 0 Å². The number of rotatable bonds is 7. The summed E-state index contributed by atoms with van der Waals surface area (Å²) in [4.78, 5) is 22.3. The van der Waals surface area contributed by atoms with E-state index < -0.39 is 17.9 Å². The maximum Gasteiger partial charge on any atom is 0.308 e. The number of carboxylic acid groups (broad SMARTS) is 2. The van der Waals surface area contributed by atoms with Crippen LogP contribution in [0.15, 0.2) is 15.9 Å². The van der Waals surface area contributed by atoms with Crippen LogP contribution in [-0.4, -0.2) is 28.7 Å². The Kier molecular flexibility index (Phi) is 5.60. The van der Waals surface area contributed by atoms with Crippen molar-refractivity contribution in [3.63, 3.8) is 0 Å². The Hall–Kier alpha value is -0.920. The van der Waals surface area contributed by atoms with Crippen LogP contribution >= 0.6 is 27.3 Å². The molecule has 0 aromatic carbocycles. The average Bonchev–Trinajstić information content (AvgIpc) is 2.62. The molecule has 1 heterocycles. The molecule has 94 valence electrons. The summed E-state index contributed by atoms with van der Waals surface area (Å²) in [6.45, 7) is 0.691. The highest BCUT2D eigenvalue weighted by Crippen LogP contribution is 2.21. The molecule has 0 bridgehead atoms. The summed E-state index contributed by atoms with van der Waals surface area (Å²) >= 11 is 4.88. The van der Waals surface area contributed by atoms with E-state index in [1.165, 1.54) is 0 Å². The molecule has 1 rings (SSSR count). The van der Waals surface area contributed by atoms with E-state index in [2.05, 4.69) is 21.2 Å². The second-order valence-electron chi connectivity index (χ2n) is 3.47. The van der Waals surface area contributed by atoms with E-state index in [1.807, 2.05) is 12.1 Å². The second-order valence-corrected chi connectivity index (χ2v) is 6.02. The van der Waals surface area contributed by atoms with Crippen molar-refractivity contribution in [1.82, 2.24) is 5.32 Å². The van der Waals surface area contributed by atoms with Gasteiger partial charge in [0.05, 0.1) is 16.1 Å². The SMILES string of the molecule is O=C(O)CC(CNCc1ccc(Br)s1)C(=O)O. The van der Waals surface area contributed by atoms with Gasteiger partial charge in [-0.25, -0.2) is 0 Å². The van der Waals surface area contributed by atoms with Crippen LogP contribution in [0, 0.1) is 5.92 Å². The minimum absolute atomic E-state index is 0.150. The summed E-state index contributed by atoms with van der Waals surface area (Å²) in [5, 5.41) is 20.3. The molecule has 0 radical (unpaired) electrons. The number of halogens is 1. The lowest BCUT2D eigenvalue weighted by atomic mass is 10.1. The van der Waals surface area contributed by atoms with E-state index in [-0.39, 0.29) is 13.0 Å². The van der Waals surface area contributed by atoms with Crippen LogP contribution in [0.3, 0.4) is 0 Å². The van der Waals surface area contributed by atoms with Crippen LogP contribution in [0.2, 0.25) is 0 Å². The molecule has 0 aliphatic rings. The number of thiophene rings is 1. The molecule has 17 heavy (non-hydrogen) atoms. The highest BCUT2D eigenvalue weighted by atomic mass is 79.9. The summed E-state index contributed by atoms with van der Waals surface area (Å²) in [7, 11) is 0. The average molecular weight is 322 g/mol. The van der Waals surface area contributed by atoms with Crippen molar-refractivity contribution in [1.29, 1.82) is 0 Å². The molecule has 1 atom stereocenters. The zero-order valence-corrected chi connectivity index (χ0v) is 11.3. The number of carbonyl (C=O) groups is 2. The summed E-state index contributed by atoms with van der Waals surface area (Å²) in [6, 6.07) is 3.84. The van der Waals surface area contributed by atoms with Crippen molar-refractivity contribution in [3.05, 3.63) is 20.8 Å². The number of aliphatic carboxylic acids is 2. The molecule has 0 aliphatic carbocycles. The molecular formula is C10H12BrNO4S. The van der Waals surface area contributed by atoms with Crippen LogP contribution in [0.25, 0.3) is 0 Å². The fourth-order valence-electron chi connectivity index (χ4n) is 1.27. The summed E-state index contributed by atoms with van der Waals surface area (Å²) in [6.07, 6.45) is -0.365. The van der Waals surface area contributed by atoms with Crippen molar-refractivity contribution in [2.45, 2.75) is 13.0 Å². The number of hydrogen-bond acceptors (Lipinski definition) is 4. The minimum Gasteiger partial charge on any atom is -0.481 e. The molecule has 1 aromatic rings. The number of hydrogen-bond donors (Lipinski definition) is 3. The van der Waals surface area contributed by atoms with Gasteiger partial charge in [0.25, 0.3) is 0 Å². The molecular weight excluding hydrogens is 310 g/mol. The quantitative estimate of drug-likeness (QED) is 0.712. The summed E-state index contributed by atoms with van der Waals surface area (Å²) in [5.74, 6) is -3.08. The first-order valence-electron chi connectivity index (χ1n) is 4.88. The van der Waals surface area contributed by atoms with E-state index >= 15 is 0 Å². The van der Waals surface area contributed by atoms with E-state index in [0.717, 1.165) is 8.66 Å². The third-order valence-corrected chi connectivity index (χ3v) is 3.71. The molecule has 1 unspecified atom stereocenters. The molecule has 0 amide bonds. The standard InChI is InChI=1S/C10H12BrNO4S/c11-8-2-1-7(17-8)5-12-4-6(10(15)16)3-9(13)14/h1-2,6,12H,3-5H2,(H,13,14)(H,15,16). The van der Waals surface area contributed by atoms with E-state index in [9.17, 15) is 9.59 Å². The second kappa shape index (κ2) is 6.73. The van der Waals surface area contributed by atoms with Gasteiger partial charge in [0.2, 0.25) is 0 Å². The first-order chi connectivity index (χ1) is 7.99. The van der Waals surface area contributed by atoms with Gasteiger partial charge in [0.1, 0.15) is 0 Å². The van der Waals surface area contributed by atoms with Gasteiger partial charge < -0.3 is 15.5 Å². The normalized spacial score (nSPS) is 12.3.